The minimum absolute atomic E-state index is 0.130. The molecule has 0 amide bonds. The fourth-order valence-electron chi connectivity index (χ4n) is 2.39. The predicted octanol–water partition coefficient (Wildman–Crippen LogP) is 4.20. The van der Waals surface area contributed by atoms with Crippen molar-refractivity contribution < 1.29 is 9.53 Å². The highest BCUT2D eigenvalue weighted by atomic mass is 35.5. The third kappa shape index (κ3) is 4.99. The molecule has 3 aromatic rings. The Labute approximate surface area is 165 Å². The van der Waals surface area contributed by atoms with Crippen LogP contribution < -0.4 is 10.1 Å². The fourth-order valence-corrected chi connectivity index (χ4v) is 3.44. The Bertz CT molecular complexity index is 959. The second-order valence-electron chi connectivity index (χ2n) is 5.86. The Morgan fingerprint density at radius 2 is 2.04 bits per heavy atom. The van der Waals surface area contributed by atoms with Crippen LogP contribution in [0.15, 0.2) is 40.4 Å². The molecule has 0 radical (unpaired) electrons. The lowest BCUT2D eigenvalue weighted by atomic mass is 10.1. The summed E-state index contributed by atoms with van der Waals surface area (Å²) in [5.74, 6) is 1.51. The molecule has 0 saturated heterocycles. The van der Waals surface area contributed by atoms with E-state index in [0.29, 0.717) is 29.0 Å². The number of Topliss-reactive ketones (excluding diaryl/α,β-unsaturated/α-hetero) is 1. The van der Waals surface area contributed by atoms with Gasteiger partial charge in [0.2, 0.25) is 0 Å². The molecule has 0 bridgehead atoms. The first kappa shape index (κ1) is 19.2. The molecule has 2 heterocycles. The van der Waals surface area contributed by atoms with Crippen LogP contribution >= 0.6 is 23.4 Å². The van der Waals surface area contributed by atoms with Gasteiger partial charge in [-0.25, -0.2) is 9.97 Å². The summed E-state index contributed by atoms with van der Waals surface area (Å²) in [5, 5.41) is 10.8. The number of carbonyl (C=O) groups is 1. The summed E-state index contributed by atoms with van der Waals surface area (Å²) < 4.78 is 5.31. The van der Waals surface area contributed by atoms with Crippen molar-refractivity contribution in [3.8, 4) is 5.75 Å². The number of ether oxygens (including phenoxy) is 1. The molecule has 9 heteroatoms. The average Bonchev–Trinajstić information content (AvgIpc) is 3.01. The van der Waals surface area contributed by atoms with Crippen LogP contribution in [0.3, 0.4) is 0 Å². The Kier molecular flexibility index (Phi) is 5.98. The van der Waals surface area contributed by atoms with Gasteiger partial charge in [0.05, 0.1) is 7.11 Å². The van der Waals surface area contributed by atoms with Crippen LogP contribution in [-0.4, -0.2) is 33.1 Å². The molecule has 2 aromatic heterocycles. The van der Waals surface area contributed by atoms with Gasteiger partial charge in [0.1, 0.15) is 5.78 Å². The van der Waals surface area contributed by atoms with Gasteiger partial charge >= 0.3 is 0 Å². The smallest absolute Gasteiger partial charge is 0.199 e. The van der Waals surface area contributed by atoms with Gasteiger partial charge in [-0.05, 0) is 43.3 Å². The topological polar surface area (TPSA) is 92.8 Å². The number of nitrogens with zero attached hydrogens (tertiary/aromatic N) is 3. The van der Waals surface area contributed by atoms with E-state index in [-0.39, 0.29) is 10.9 Å². The number of nitrogens with one attached hydrogen (secondary N) is 2. The Balaban J connectivity index is 1.84. The van der Waals surface area contributed by atoms with Crippen LogP contribution in [0.4, 0.5) is 11.6 Å². The van der Waals surface area contributed by atoms with Crippen LogP contribution in [0, 0.1) is 6.92 Å². The number of benzene rings is 1. The molecule has 0 unspecified atom stereocenters. The summed E-state index contributed by atoms with van der Waals surface area (Å²) in [6.45, 7) is 3.48. The van der Waals surface area contributed by atoms with E-state index >= 15 is 0 Å². The maximum Gasteiger partial charge on any atom is 0.199 e. The molecule has 2 N–H and O–H groups in total. The third-order valence-electron chi connectivity index (χ3n) is 3.55. The van der Waals surface area contributed by atoms with E-state index in [1.165, 1.54) is 18.9 Å². The van der Waals surface area contributed by atoms with Crippen LogP contribution in [-0.2, 0) is 11.2 Å². The molecule has 7 nitrogen and oxygen atoms in total. The summed E-state index contributed by atoms with van der Waals surface area (Å²) >= 11 is 7.62. The number of anilines is 2. The minimum atomic E-state index is 0.130. The lowest BCUT2D eigenvalue weighted by Crippen LogP contribution is -2.02. The van der Waals surface area contributed by atoms with E-state index in [2.05, 4.69) is 25.5 Å². The number of methoxy groups -OCH3 is 1. The standard InChI is InChI=1S/C18H18ClN5O2S/c1-10-8-14(24-23-10)20-17-15(26-3)16(19)21-18(22-17)27-13-6-4-12(5-7-13)9-11(2)25/h4-8H,9H2,1-3H3,(H2,20,21,22,23,24). The molecule has 140 valence electrons. The van der Waals surface area contributed by atoms with Gasteiger partial charge in [-0.1, -0.05) is 23.7 Å². The van der Waals surface area contributed by atoms with Gasteiger partial charge in [0, 0.05) is 23.1 Å². The van der Waals surface area contributed by atoms with Crippen molar-refractivity contribution in [3.05, 3.63) is 46.7 Å². The van der Waals surface area contributed by atoms with E-state index in [1.807, 2.05) is 37.3 Å². The molecule has 1 aromatic carbocycles. The highest BCUT2D eigenvalue weighted by Crippen LogP contribution is 2.35. The zero-order valence-electron chi connectivity index (χ0n) is 15.0. The van der Waals surface area contributed by atoms with E-state index < -0.39 is 0 Å². The first-order chi connectivity index (χ1) is 12.9. The first-order valence-electron chi connectivity index (χ1n) is 8.11. The molecule has 0 saturated carbocycles. The molecule has 27 heavy (non-hydrogen) atoms. The first-order valence-corrected chi connectivity index (χ1v) is 9.31. The second kappa shape index (κ2) is 8.41. The van der Waals surface area contributed by atoms with Crippen LogP contribution in [0.5, 0.6) is 5.75 Å². The second-order valence-corrected chi connectivity index (χ2v) is 7.26. The van der Waals surface area contributed by atoms with E-state index in [9.17, 15) is 4.79 Å². The van der Waals surface area contributed by atoms with Gasteiger partial charge in [-0.3, -0.25) is 9.89 Å². The number of aromatic amines is 1. The molecule has 0 spiro atoms. The molecule has 0 aliphatic rings. The van der Waals surface area contributed by atoms with Crippen LogP contribution in [0.2, 0.25) is 5.15 Å². The number of ketones is 1. The average molecular weight is 404 g/mol. The summed E-state index contributed by atoms with van der Waals surface area (Å²) in [5.41, 5.74) is 1.88. The number of aryl methyl sites for hydroxylation is 1. The number of halogens is 1. The quantitative estimate of drug-likeness (QED) is 0.451. The van der Waals surface area contributed by atoms with Gasteiger partial charge < -0.3 is 10.1 Å². The Hall–Kier alpha value is -2.58. The highest BCUT2D eigenvalue weighted by molar-refractivity contribution is 7.99. The lowest BCUT2D eigenvalue weighted by molar-refractivity contribution is -0.116. The summed E-state index contributed by atoms with van der Waals surface area (Å²) in [4.78, 5) is 20.9. The molecule has 0 atom stereocenters. The summed E-state index contributed by atoms with van der Waals surface area (Å²) in [7, 11) is 1.51. The number of hydrogen-bond donors (Lipinski definition) is 2. The number of rotatable bonds is 7. The predicted molar refractivity (Wildman–Crippen MR) is 105 cm³/mol. The van der Waals surface area contributed by atoms with Crippen molar-refractivity contribution in [2.45, 2.75) is 30.3 Å². The number of aromatic nitrogens is 4. The van der Waals surface area contributed by atoms with Crippen molar-refractivity contribution in [2.24, 2.45) is 0 Å². The summed E-state index contributed by atoms with van der Waals surface area (Å²) in [6, 6.07) is 9.53. The lowest BCUT2D eigenvalue weighted by Gasteiger charge is -2.11. The third-order valence-corrected chi connectivity index (χ3v) is 4.67. The zero-order valence-corrected chi connectivity index (χ0v) is 16.6. The van der Waals surface area contributed by atoms with Crippen molar-refractivity contribution >= 4 is 40.8 Å². The van der Waals surface area contributed by atoms with E-state index in [4.69, 9.17) is 16.3 Å². The van der Waals surface area contributed by atoms with Crippen molar-refractivity contribution in [1.29, 1.82) is 0 Å². The maximum atomic E-state index is 11.2. The molecule has 0 aliphatic heterocycles. The zero-order chi connectivity index (χ0) is 19.4. The number of H-pyrrole nitrogens is 1. The Morgan fingerprint density at radius 1 is 1.30 bits per heavy atom. The highest BCUT2D eigenvalue weighted by Gasteiger charge is 2.16. The van der Waals surface area contributed by atoms with Crippen molar-refractivity contribution in [2.75, 3.05) is 12.4 Å². The molecule has 3 rings (SSSR count). The van der Waals surface area contributed by atoms with E-state index in [0.717, 1.165) is 16.2 Å². The van der Waals surface area contributed by atoms with Crippen molar-refractivity contribution in [1.82, 2.24) is 20.2 Å². The van der Waals surface area contributed by atoms with Crippen molar-refractivity contribution in [3.63, 3.8) is 0 Å². The largest absolute Gasteiger partial charge is 0.490 e. The fraction of sp³-hybridized carbons (Fsp3) is 0.222. The number of hydrogen-bond acceptors (Lipinski definition) is 7. The van der Waals surface area contributed by atoms with Crippen LogP contribution in [0.1, 0.15) is 18.2 Å². The minimum Gasteiger partial charge on any atom is -0.490 e. The molecule has 0 fully saturated rings. The summed E-state index contributed by atoms with van der Waals surface area (Å²) in [6.07, 6.45) is 0.424. The molecule has 0 aliphatic carbocycles. The van der Waals surface area contributed by atoms with Gasteiger partial charge in [-0.2, -0.15) is 5.10 Å². The Morgan fingerprint density at radius 3 is 2.63 bits per heavy atom. The normalized spacial score (nSPS) is 10.7. The maximum absolute atomic E-state index is 11.2. The molecular weight excluding hydrogens is 386 g/mol. The molecular formula is C18H18ClN5O2S. The SMILES string of the molecule is COc1c(Cl)nc(Sc2ccc(CC(C)=O)cc2)nc1Nc1cc(C)[nH]n1. The van der Waals surface area contributed by atoms with Gasteiger partial charge in [0.15, 0.2) is 27.7 Å². The van der Waals surface area contributed by atoms with E-state index in [1.54, 1.807) is 6.92 Å². The number of carbonyl (C=O) groups excluding carboxylic acids is 1. The van der Waals surface area contributed by atoms with Gasteiger partial charge in [-0.15, -0.1) is 0 Å². The van der Waals surface area contributed by atoms with Crippen LogP contribution in [0.25, 0.3) is 0 Å². The van der Waals surface area contributed by atoms with Gasteiger partial charge in [0.25, 0.3) is 0 Å². The monoisotopic (exact) mass is 403 g/mol.